The summed E-state index contributed by atoms with van der Waals surface area (Å²) in [6.07, 6.45) is -0.328. The summed E-state index contributed by atoms with van der Waals surface area (Å²) >= 11 is 0. The molecule has 0 atom stereocenters. The number of nitrogens with zero attached hydrogens (tertiary/aromatic N) is 3. The maximum absolute atomic E-state index is 12.1. The Labute approximate surface area is 98.1 Å². The van der Waals surface area contributed by atoms with Crippen molar-refractivity contribution in [1.82, 2.24) is 14.1 Å². The number of aromatic nitrogens is 2. The Morgan fingerprint density at radius 2 is 2.24 bits per heavy atom. The summed E-state index contributed by atoms with van der Waals surface area (Å²) in [5.41, 5.74) is 5.28. The van der Waals surface area contributed by atoms with Crippen LogP contribution in [0.1, 0.15) is 0 Å². The van der Waals surface area contributed by atoms with Crippen molar-refractivity contribution in [2.45, 2.75) is 17.9 Å². The van der Waals surface area contributed by atoms with Crippen LogP contribution in [0.2, 0.25) is 0 Å². The van der Waals surface area contributed by atoms with Crippen molar-refractivity contribution in [3.05, 3.63) is 12.4 Å². The maximum atomic E-state index is 12.1. The molecule has 0 aliphatic rings. The molecule has 0 spiro atoms. The molecule has 1 rings (SSSR count). The molecule has 0 amide bonds. The Hall–Kier alpha value is -1.06. The Morgan fingerprint density at radius 3 is 2.76 bits per heavy atom. The van der Waals surface area contributed by atoms with Gasteiger partial charge in [0, 0.05) is 19.8 Å². The summed E-state index contributed by atoms with van der Waals surface area (Å²) in [6.45, 7) is -0.160. The van der Waals surface area contributed by atoms with E-state index in [4.69, 9.17) is 5.73 Å². The zero-order valence-corrected chi connectivity index (χ0v) is 10.1. The molecule has 9 heteroatoms. The molecular formula is C8H14F2N4O2S. The van der Waals surface area contributed by atoms with Crippen LogP contribution in [0, 0.1) is 0 Å². The second kappa shape index (κ2) is 5.52. The van der Waals surface area contributed by atoms with Gasteiger partial charge in [-0.3, -0.25) is 4.68 Å². The molecular weight excluding hydrogens is 254 g/mol. The van der Waals surface area contributed by atoms with Gasteiger partial charge < -0.3 is 5.73 Å². The third-order valence-corrected chi connectivity index (χ3v) is 3.85. The fourth-order valence-electron chi connectivity index (χ4n) is 1.20. The van der Waals surface area contributed by atoms with Gasteiger partial charge >= 0.3 is 0 Å². The largest absolute Gasteiger partial charge is 0.329 e. The quantitative estimate of drug-likeness (QED) is 0.770. The molecule has 1 aromatic heterocycles. The van der Waals surface area contributed by atoms with Crippen molar-refractivity contribution in [2.75, 3.05) is 20.1 Å². The van der Waals surface area contributed by atoms with Crippen LogP contribution in [-0.4, -0.2) is 49.1 Å². The lowest BCUT2D eigenvalue weighted by molar-refractivity contribution is 0.126. The fraction of sp³-hybridized carbons (Fsp3) is 0.625. The van der Waals surface area contributed by atoms with Gasteiger partial charge in [0.05, 0.1) is 19.3 Å². The number of nitrogens with two attached hydrogens (primary N) is 1. The van der Waals surface area contributed by atoms with Gasteiger partial charge in [0.1, 0.15) is 4.90 Å². The van der Waals surface area contributed by atoms with Crippen LogP contribution in [0.5, 0.6) is 0 Å². The second-order valence-corrected chi connectivity index (χ2v) is 5.45. The minimum atomic E-state index is -3.90. The lowest BCUT2D eigenvalue weighted by Crippen LogP contribution is -2.31. The van der Waals surface area contributed by atoms with Gasteiger partial charge in [0.15, 0.2) is 0 Å². The SMILES string of the molecule is CN(CC(F)F)S(=O)(=O)c1cnn(CCN)c1. The zero-order valence-electron chi connectivity index (χ0n) is 9.25. The highest BCUT2D eigenvalue weighted by atomic mass is 32.2. The summed E-state index contributed by atoms with van der Waals surface area (Å²) in [5.74, 6) is 0. The molecule has 1 aromatic rings. The third-order valence-electron chi connectivity index (χ3n) is 2.07. The number of rotatable bonds is 6. The smallest absolute Gasteiger partial charge is 0.252 e. The van der Waals surface area contributed by atoms with Crippen molar-refractivity contribution < 1.29 is 17.2 Å². The summed E-state index contributed by atoms with van der Waals surface area (Å²) in [7, 11) is -2.80. The van der Waals surface area contributed by atoms with Gasteiger partial charge in [-0.15, -0.1) is 0 Å². The van der Waals surface area contributed by atoms with E-state index in [-0.39, 0.29) is 4.90 Å². The predicted octanol–water partition coefficient (Wildman–Crippen LogP) is -0.273. The van der Waals surface area contributed by atoms with Crippen molar-refractivity contribution in [3.63, 3.8) is 0 Å². The number of hydrogen-bond acceptors (Lipinski definition) is 4. The first-order valence-electron chi connectivity index (χ1n) is 4.85. The fourth-order valence-corrected chi connectivity index (χ4v) is 2.31. The van der Waals surface area contributed by atoms with E-state index in [2.05, 4.69) is 5.10 Å². The molecule has 17 heavy (non-hydrogen) atoms. The van der Waals surface area contributed by atoms with Gasteiger partial charge in [0.25, 0.3) is 6.43 Å². The van der Waals surface area contributed by atoms with E-state index >= 15 is 0 Å². The standard InChI is InChI=1S/C8H14F2N4O2S/c1-13(6-8(9)10)17(15,16)7-4-12-14(5-7)3-2-11/h4-5,8H,2-3,6,11H2,1H3. The van der Waals surface area contributed by atoms with E-state index in [0.29, 0.717) is 17.4 Å². The van der Waals surface area contributed by atoms with E-state index in [1.807, 2.05) is 0 Å². The third kappa shape index (κ3) is 3.45. The summed E-state index contributed by atoms with van der Waals surface area (Å²) < 4.78 is 49.8. The van der Waals surface area contributed by atoms with Crippen LogP contribution >= 0.6 is 0 Å². The zero-order chi connectivity index (χ0) is 13.1. The summed E-state index contributed by atoms with van der Waals surface area (Å²) in [5, 5.41) is 3.78. The Morgan fingerprint density at radius 1 is 1.59 bits per heavy atom. The van der Waals surface area contributed by atoms with Crippen LogP contribution in [-0.2, 0) is 16.6 Å². The van der Waals surface area contributed by atoms with Gasteiger partial charge in [-0.2, -0.15) is 9.40 Å². The second-order valence-electron chi connectivity index (χ2n) is 3.40. The summed E-state index contributed by atoms with van der Waals surface area (Å²) in [6, 6.07) is 0. The Balaban J connectivity index is 2.88. The Kier molecular flexibility index (Phi) is 4.54. The van der Waals surface area contributed by atoms with Crippen molar-refractivity contribution >= 4 is 10.0 Å². The molecule has 6 nitrogen and oxygen atoms in total. The van der Waals surface area contributed by atoms with Crippen LogP contribution in [0.25, 0.3) is 0 Å². The summed E-state index contributed by atoms with van der Waals surface area (Å²) in [4.78, 5) is -0.117. The number of sulfonamides is 1. The molecule has 0 unspecified atom stereocenters. The molecule has 0 saturated carbocycles. The van der Waals surface area contributed by atoms with Crippen molar-refractivity contribution in [3.8, 4) is 0 Å². The van der Waals surface area contributed by atoms with Crippen LogP contribution in [0.4, 0.5) is 8.78 Å². The van der Waals surface area contributed by atoms with Gasteiger partial charge in [0.2, 0.25) is 10.0 Å². The highest BCUT2D eigenvalue weighted by molar-refractivity contribution is 7.89. The van der Waals surface area contributed by atoms with E-state index in [1.165, 1.54) is 10.9 Å². The first-order valence-corrected chi connectivity index (χ1v) is 6.29. The first-order chi connectivity index (χ1) is 7.87. The normalized spacial score (nSPS) is 12.6. The van der Waals surface area contributed by atoms with E-state index in [9.17, 15) is 17.2 Å². The molecule has 0 saturated heterocycles. The number of hydrogen-bond donors (Lipinski definition) is 1. The monoisotopic (exact) mass is 268 g/mol. The Bertz CT molecular complexity index is 460. The van der Waals surface area contributed by atoms with E-state index in [1.54, 1.807) is 0 Å². The maximum Gasteiger partial charge on any atom is 0.252 e. The van der Waals surface area contributed by atoms with Crippen LogP contribution in [0.3, 0.4) is 0 Å². The molecule has 2 N–H and O–H groups in total. The van der Waals surface area contributed by atoms with Gasteiger partial charge in [-0.1, -0.05) is 0 Å². The molecule has 0 bridgehead atoms. The van der Waals surface area contributed by atoms with E-state index < -0.39 is 23.0 Å². The molecule has 0 aliphatic carbocycles. The van der Waals surface area contributed by atoms with Crippen LogP contribution < -0.4 is 5.73 Å². The lowest BCUT2D eigenvalue weighted by atomic mass is 10.6. The molecule has 0 radical (unpaired) electrons. The molecule has 0 fully saturated rings. The number of halogens is 2. The highest BCUT2D eigenvalue weighted by Crippen LogP contribution is 2.14. The van der Waals surface area contributed by atoms with E-state index in [0.717, 1.165) is 13.2 Å². The average molecular weight is 268 g/mol. The van der Waals surface area contributed by atoms with Crippen LogP contribution in [0.15, 0.2) is 17.3 Å². The minimum absolute atomic E-state index is 0.117. The lowest BCUT2D eigenvalue weighted by Gasteiger charge is -2.14. The molecule has 1 heterocycles. The molecule has 98 valence electrons. The average Bonchev–Trinajstić information content (AvgIpc) is 2.66. The van der Waals surface area contributed by atoms with Crippen molar-refractivity contribution in [2.24, 2.45) is 5.73 Å². The van der Waals surface area contributed by atoms with Crippen molar-refractivity contribution in [1.29, 1.82) is 0 Å². The first kappa shape index (κ1) is 14.0. The van der Waals surface area contributed by atoms with Gasteiger partial charge in [-0.05, 0) is 0 Å². The number of alkyl halides is 2. The minimum Gasteiger partial charge on any atom is -0.329 e. The van der Waals surface area contributed by atoms with Gasteiger partial charge in [-0.25, -0.2) is 17.2 Å². The molecule has 0 aliphatic heterocycles. The highest BCUT2D eigenvalue weighted by Gasteiger charge is 2.24. The topological polar surface area (TPSA) is 81.2 Å². The molecule has 0 aromatic carbocycles. The predicted molar refractivity (Wildman–Crippen MR) is 57.1 cm³/mol.